The lowest BCUT2D eigenvalue weighted by atomic mass is 10.1. The largest absolute Gasteiger partial charge is 0.468 e. The predicted octanol–water partition coefficient (Wildman–Crippen LogP) is 1.90. The molecule has 0 heterocycles. The van der Waals surface area contributed by atoms with Crippen LogP contribution in [0.25, 0.3) is 0 Å². The van der Waals surface area contributed by atoms with Crippen molar-refractivity contribution >= 4 is 21.9 Å². The molecule has 0 saturated heterocycles. The van der Waals surface area contributed by atoms with Gasteiger partial charge in [0.15, 0.2) is 0 Å². The third-order valence-electron chi connectivity index (χ3n) is 2.27. The van der Waals surface area contributed by atoms with Gasteiger partial charge >= 0.3 is 5.97 Å². The van der Waals surface area contributed by atoms with Crippen molar-refractivity contribution in [2.45, 2.75) is 6.04 Å². The molecule has 0 radical (unpaired) electrons. The lowest BCUT2D eigenvalue weighted by Crippen LogP contribution is -2.32. The number of hydrogen-bond acceptors (Lipinski definition) is 4. The Kier molecular flexibility index (Phi) is 6.18. The van der Waals surface area contributed by atoms with Gasteiger partial charge in [0.1, 0.15) is 6.04 Å². The molecular weight excluding hydrogens is 286 g/mol. The van der Waals surface area contributed by atoms with E-state index in [-0.39, 0.29) is 5.97 Å². The van der Waals surface area contributed by atoms with E-state index < -0.39 is 6.04 Å². The molecule has 94 valence electrons. The van der Waals surface area contributed by atoms with Crippen molar-refractivity contribution in [1.29, 1.82) is 0 Å². The summed E-state index contributed by atoms with van der Waals surface area (Å²) in [5.74, 6) is -0.306. The zero-order valence-electron chi connectivity index (χ0n) is 9.90. The van der Waals surface area contributed by atoms with Crippen LogP contribution in [0.15, 0.2) is 28.7 Å². The van der Waals surface area contributed by atoms with Gasteiger partial charge in [-0.2, -0.15) is 0 Å². The van der Waals surface area contributed by atoms with Crippen molar-refractivity contribution in [1.82, 2.24) is 5.32 Å². The number of nitrogens with one attached hydrogen (secondary N) is 1. The first-order chi connectivity index (χ1) is 8.19. The Bertz CT molecular complexity index is 371. The second-order valence-corrected chi connectivity index (χ2v) is 4.37. The first kappa shape index (κ1) is 14.2. The summed E-state index contributed by atoms with van der Waals surface area (Å²) in [5, 5.41) is 3.09. The number of carbonyl (C=O) groups excluding carboxylic acids is 1. The van der Waals surface area contributed by atoms with Crippen LogP contribution in [-0.2, 0) is 14.3 Å². The highest BCUT2D eigenvalue weighted by Crippen LogP contribution is 2.19. The minimum absolute atomic E-state index is 0.306. The Hall–Kier alpha value is -0.910. The Morgan fingerprint density at radius 2 is 2.24 bits per heavy atom. The molecule has 5 heteroatoms. The van der Waals surface area contributed by atoms with Crippen LogP contribution in [0, 0.1) is 0 Å². The molecule has 1 aromatic rings. The summed E-state index contributed by atoms with van der Waals surface area (Å²) >= 11 is 3.38. The van der Waals surface area contributed by atoms with E-state index in [1.807, 2.05) is 24.3 Å². The molecule has 1 unspecified atom stereocenters. The molecule has 0 aliphatic rings. The number of esters is 1. The Balaban J connectivity index is 2.78. The Morgan fingerprint density at radius 3 is 2.82 bits per heavy atom. The van der Waals surface area contributed by atoms with Crippen LogP contribution >= 0.6 is 15.9 Å². The second kappa shape index (κ2) is 7.42. The van der Waals surface area contributed by atoms with Gasteiger partial charge in [0.05, 0.1) is 13.7 Å². The number of hydrogen-bond donors (Lipinski definition) is 1. The van der Waals surface area contributed by atoms with E-state index in [9.17, 15) is 4.79 Å². The maximum absolute atomic E-state index is 11.7. The fraction of sp³-hybridized carbons (Fsp3) is 0.417. The van der Waals surface area contributed by atoms with Gasteiger partial charge in [-0.25, -0.2) is 4.79 Å². The molecule has 1 atom stereocenters. The number of carbonyl (C=O) groups is 1. The normalized spacial score (nSPS) is 12.2. The van der Waals surface area contributed by atoms with Gasteiger partial charge < -0.3 is 9.47 Å². The molecule has 0 aliphatic heterocycles. The lowest BCUT2D eigenvalue weighted by Gasteiger charge is -2.16. The summed E-state index contributed by atoms with van der Waals surface area (Å²) in [6, 6.07) is 7.10. The van der Waals surface area contributed by atoms with E-state index in [4.69, 9.17) is 9.47 Å². The summed E-state index contributed by atoms with van der Waals surface area (Å²) < 4.78 is 10.6. The number of halogens is 1. The minimum Gasteiger partial charge on any atom is -0.468 e. The molecule has 0 amide bonds. The third-order valence-corrected chi connectivity index (χ3v) is 2.77. The summed E-state index contributed by atoms with van der Waals surface area (Å²) in [6.45, 7) is 1.13. The lowest BCUT2D eigenvalue weighted by molar-refractivity contribution is -0.143. The maximum atomic E-state index is 11.7. The van der Waals surface area contributed by atoms with Crippen LogP contribution in [0.1, 0.15) is 11.6 Å². The summed E-state index contributed by atoms with van der Waals surface area (Å²) in [6.07, 6.45) is 0. The van der Waals surface area contributed by atoms with E-state index in [1.54, 1.807) is 7.11 Å². The zero-order chi connectivity index (χ0) is 12.7. The zero-order valence-corrected chi connectivity index (χ0v) is 11.5. The molecule has 1 rings (SSSR count). The quantitative estimate of drug-likeness (QED) is 0.644. The van der Waals surface area contributed by atoms with Crippen LogP contribution in [-0.4, -0.2) is 33.3 Å². The summed E-state index contributed by atoms with van der Waals surface area (Å²) in [7, 11) is 3.00. The second-order valence-electron chi connectivity index (χ2n) is 3.46. The third kappa shape index (κ3) is 4.46. The van der Waals surface area contributed by atoms with Crippen LogP contribution in [0.3, 0.4) is 0 Å². The molecule has 0 fully saturated rings. The minimum atomic E-state index is -0.465. The summed E-state index contributed by atoms with van der Waals surface area (Å²) in [4.78, 5) is 11.7. The van der Waals surface area contributed by atoms with Crippen LogP contribution in [0.4, 0.5) is 0 Å². The fourth-order valence-corrected chi connectivity index (χ4v) is 1.86. The van der Waals surface area contributed by atoms with Gasteiger partial charge in [-0.1, -0.05) is 28.1 Å². The molecule has 0 saturated carbocycles. The SMILES string of the molecule is COCCNC(C(=O)OC)c1cccc(Br)c1. The van der Waals surface area contributed by atoms with E-state index in [0.717, 1.165) is 10.0 Å². The van der Waals surface area contributed by atoms with E-state index >= 15 is 0 Å². The highest BCUT2D eigenvalue weighted by Gasteiger charge is 2.20. The maximum Gasteiger partial charge on any atom is 0.327 e. The number of ether oxygens (including phenoxy) is 2. The molecule has 1 aromatic carbocycles. The number of rotatable bonds is 6. The molecule has 17 heavy (non-hydrogen) atoms. The van der Waals surface area contributed by atoms with Crippen molar-refractivity contribution < 1.29 is 14.3 Å². The molecule has 0 aromatic heterocycles. The van der Waals surface area contributed by atoms with E-state index in [0.29, 0.717) is 13.2 Å². The van der Waals surface area contributed by atoms with Gasteiger partial charge in [0, 0.05) is 18.1 Å². The van der Waals surface area contributed by atoms with Crippen molar-refractivity contribution in [3.8, 4) is 0 Å². The first-order valence-electron chi connectivity index (χ1n) is 5.24. The van der Waals surface area contributed by atoms with Crippen LogP contribution in [0.2, 0.25) is 0 Å². The van der Waals surface area contributed by atoms with Crippen LogP contribution in [0.5, 0.6) is 0 Å². The first-order valence-corrected chi connectivity index (χ1v) is 6.04. The molecule has 0 bridgehead atoms. The number of methoxy groups -OCH3 is 2. The van der Waals surface area contributed by atoms with Gasteiger partial charge in [-0.3, -0.25) is 5.32 Å². The molecule has 4 nitrogen and oxygen atoms in total. The molecule has 0 aliphatic carbocycles. The topological polar surface area (TPSA) is 47.6 Å². The smallest absolute Gasteiger partial charge is 0.327 e. The molecule has 1 N–H and O–H groups in total. The fourth-order valence-electron chi connectivity index (χ4n) is 1.45. The van der Waals surface area contributed by atoms with Gasteiger partial charge in [-0.15, -0.1) is 0 Å². The van der Waals surface area contributed by atoms with E-state index in [1.165, 1.54) is 7.11 Å². The highest BCUT2D eigenvalue weighted by molar-refractivity contribution is 9.10. The van der Waals surface area contributed by atoms with Crippen molar-refractivity contribution in [2.24, 2.45) is 0 Å². The van der Waals surface area contributed by atoms with Gasteiger partial charge in [-0.05, 0) is 17.7 Å². The number of benzene rings is 1. The van der Waals surface area contributed by atoms with Crippen LogP contribution < -0.4 is 5.32 Å². The van der Waals surface area contributed by atoms with Crippen molar-refractivity contribution in [3.05, 3.63) is 34.3 Å². The van der Waals surface area contributed by atoms with Crippen molar-refractivity contribution in [2.75, 3.05) is 27.4 Å². The Labute approximate surface area is 109 Å². The molecule has 0 spiro atoms. The van der Waals surface area contributed by atoms with Gasteiger partial charge in [0.2, 0.25) is 0 Å². The predicted molar refractivity (Wildman–Crippen MR) is 68.8 cm³/mol. The monoisotopic (exact) mass is 301 g/mol. The van der Waals surface area contributed by atoms with E-state index in [2.05, 4.69) is 21.2 Å². The standard InChI is InChI=1S/C12H16BrNO3/c1-16-7-6-14-11(12(15)17-2)9-4-3-5-10(13)8-9/h3-5,8,11,14H,6-7H2,1-2H3. The average Bonchev–Trinajstić information content (AvgIpc) is 2.34. The Morgan fingerprint density at radius 1 is 1.47 bits per heavy atom. The average molecular weight is 302 g/mol. The van der Waals surface area contributed by atoms with Crippen molar-refractivity contribution in [3.63, 3.8) is 0 Å². The molecular formula is C12H16BrNO3. The highest BCUT2D eigenvalue weighted by atomic mass is 79.9. The summed E-state index contributed by atoms with van der Waals surface area (Å²) in [5.41, 5.74) is 0.863. The van der Waals surface area contributed by atoms with Gasteiger partial charge in [0.25, 0.3) is 0 Å².